The minimum atomic E-state index is 0.185. The summed E-state index contributed by atoms with van der Waals surface area (Å²) >= 11 is 0. The molecular weight excluding hydrogens is 274 g/mol. The third kappa shape index (κ3) is 4.55. The molecule has 0 saturated carbocycles. The number of nitrogens with one attached hydrogen (secondary N) is 2. The van der Waals surface area contributed by atoms with Crippen LogP contribution in [0.1, 0.15) is 43.1 Å². The van der Waals surface area contributed by atoms with E-state index in [1.165, 1.54) is 11.3 Å². The van der Waals surface area contributed by atoms with Gasteiger partial charge in [0, 0.05) is 17.3 Å². The van der Waals surface area contributed by atoms with Crippen molar-refractivity contribution in [3.8, 4) is 0 Å². The first-order valence-corrected chi connectivity index (χ1v) is 8.49. The number of rotatable bonds is 9. The molecule has 4 heteroatoms. The maximum atomic E-state index is 12.2. The van der Waals surface area contributed by atoms with E-state index < -0.39 is 0 Å². The molecule has 0 saturated heterocycles. The zero-order chi connectivity index (χ0) is 15.9. The molecule has 1 atom stereocenters. The van der Waals surface area contributed by atoms with Crippen molar-refractivity contribution in [2.24, 2.45) is 0 Å². The first-order chi connectivity index (χ1) is 10.6. The molecule has 1 aliphatic heterocycles. The number of fused-ring (bicyclic) bond motifs is 1. The number of carbonyl (C=O) groups excluding carboxylic acids is 1. The normalized spacial score (nSPS) is 16.6. The molecule has 0 amide bonds. The molecule has 0 bridgehead atoms. The number of ketones is 1. The predicted molar refractivity (Wildman–Crippen MR) is 92.8 cm³/mol. The molecule has 0 radical (unpaired) electrons. The molecule has 1 aromatic rings. The summed E-state index contributed by atoms with van der Waals surface area (Å²) in [6, 6.07) is 6.49. The number of carbonyl (C=O) groups is 1. The van der Waals surface area contributed by atoms with Crippen LogP contribution in [0.3, 0.4) is 0 Å². The average molecular weight is 303 g/mol. The maximum absolute atomic E-state index is 12.2. The van der Waals surface area contributed by atoms with Crippen LogP contribution in [0.2, 0.25) is 0 Å². The molecule has 2 N–H and O–H groups in total. The van der Waals surface area contributed by atoms with E-state index in [1.807, 2.05) is 18.2 Å². The Bertz CT molecular complexity index is 497. The van der Waals surface area contributed by atoms with Crippen molar-refractivity contribution in [3.63, 3.8) is 0 Å². The summed E-state index contributed by atoms with van der Waals surface area (Å²) in [5.41, 5.74) is 3.27. The van der Waals surface area contributed by atoms with Crippen molar-refractivity contribution < 1.29 is 4.79 Å². The van der Waals surface area contributed by atoms with Crippen LogP contribution in [0.15, 0.2) is 18.2 Å². The van der Waals surface area contributed by atoms with Gasteiger partial charge in [0.25, 0.3) is 0 Å². The Balaban J connectivity index is 1.73. The molecule has 1 aliphatic rings. The van der Waals surface area contributed by atoms with E-state index in [0.29, 0.717) is 12.6 Å². The Morgan fingerprint density at radius 2 is 2.14 bits per heavy atom. The topological polar surface area (TPSA) is 44.4 Å². The number of hydrogen-bond acceptors (Lipinski definition) is 4. The fourth-order valence-electron chi connectivity index (χ4n) is 2.99. The lowest BCUT2D eigenvalue weighted by Gasteiger charge is -2.17. The van der Waals surface area contributed by atoms with Gasteiger partial charge in [0.15, 0.2) is 5.78 Å². The Hall–Kier alpha value is -1.39. The molecule has 0 spiro atoms. The SMILES string of the molecule is CCN(CC)CCCNCC(=O)c1ccc2c(c1)CC(C)N2. The number of nitrogens with zero attached hydrogens (tertiary/aromatic N) is 1. The number of benzene rings is 1. The van der Waals surface area contributed by atoms with Crippen molar-refractivity contribution >= 4 is 11.5 Å². The number of anilines is 1. The average Bonchev–Trinajstić information content (AvgIpc) is 2.89. The van der Waals surface area contributed by atoms with Gasteiger partial charge in [-0.3, -0.25) is 4.79 Å². The summed E-state index contributed by atoms with van der Waals surface area (Å²) in [5, 5.41) is 6.69. The van der Waals surface area contributed by atoms with Crippen molar-refractivity contribution in [1.29, 1.82) is 0 Å². The molecule has 22 heavy (non-hydrogen) atoms. The van der Waals surface area contributed by atoms with Gasteiger partial charge in [0.05, 0.1) is 6.54 Å². The van der Waals surface area contributed by atoms with E-state index in [9.17, 15) is 4.79 Å². The standard InChI is InChI=1S/C18H29N3O/c1-4-21(5-2)10-6-9-19-13-18(22)15-7-8-17-16(12-15)11-14(3)20-17/h7-8,12,14,19-20H,4-6,9-11,13H2,1-3H3. The van der Waals surface area contributed by atoms with Gasteiger partial charge in [0.2, 0.25) is 0 Å². The van der Waals surface area contributed by atoms with Crippen LogP contribution in [0.25, 0.3) is 0 Å². The predicted octanol–water partition coefficient (Wildman–Crippen LogP) is 2.55. The van der Waals surface area contributed by atoms with Crippen LogP contribution in [0, 0.1) is 0 Å². The van der Waals surface area contributed by atoms with Gasteiger partial charge in [-0.1, -0.05) is 13.8 Å². The molecule has 122 valence electrons. The third-order valence-electron chi connectivity index (χ3n) is 4.36. The van der Waals surface area contributed by atoms with Crippen LogP contribution in [0.4, 0.5) is 5.69 Å². The van der Waals surface area contributed by atoms with Crippen molar-refractivity contribution in [2.75, 3.05) is 38.0 Å². The van der Waals surface area contributed by atoms with E-state index in [2.05, 4.69) is 36.3 Å². The van der Waals surface area contributed by atoms with Crippen molar-refractivity contribution in [1.82, 2.24) is 10.2 Å². The zero-order valence-corrected chi connectivity index (χ0v) is 14.1. The van der Waals surface area contributed by atoms with Gasteiger partial charge < -0.3 is 15.5 Å². The fraction of sp³-hybridized carbons (Fsp3) is 0.611. The minimum Gasteiger partial charge on any atom is -0.382 e. The highest BCUT2D eigenvalue weighted by Gasteiger charge is 2.18. The smallest absolute Gasteiger partial charge is 0.176 e. The van der Waals surface area contributed by atoms with Crippen LogP contribution >= 0.6 is 0 Å². The lowest BCUT2D eigenvalue weighted by atomic mass is 10.0. The zero-order valence-electron chi connectivity index (χ0n) is 14.1. The third-order valence-corrected chi connectivity index (χ3v) is 4.36. The highest BCUT2D eigenvalue weighted by molar-refractivity contribution is 5.98. The van der Waals surface area contributed by atoms with E-state index >= 15 is 0 Å². The number of hydrogen-bond donors (Lipinski definition) is 2. The fourth-order valence-corrected chi connectivity index (χ4v) is 2.99. The Kier molecular flexibility index (Phi) is 6.40. The maximum Gasteiger partial charge on any atom is 0.176 e. The molecule has 0 aromatic heterocycles. The first kappa shape index (κ1) is 17.0. The highest BCUT2D eigenvalue weighted by atomic mass is 16.1. The summed E-state index contributed by atoms with van der Waals surface area (Å²) in [6.45, 7) is 11.1. The monoisotopic (exact) mass is 303 g/mol. The summed E-state index contributed by atoms with van der Waals surface area (Å²) < 4.78 is 0. The van der Waals surface area contributed by atoms with Gasteiger partial charge in [-0.25, -0.2) is 0 Å². The number of Topliss-reactive ketones (excluding diaryl/α,β-unsaturated/α-hetero) is 1. The van der Waals surface area contributed by atoms with Crippen LogP contribution in [0.5, 0.6) is 0 Å². The Labute approximate surface area is 134 Å². The van der Waals surface area contributed by atoms with Crippen LogP contribution < -0.4 is 10.6 Å². The molecule has 1 aromatic carbocycles. The minimum absolute atomic E-state index is 0.185. The van der Waals surface area contributed by atoms with Gasteiger partial charge in [0.1, 0.15) is 0 Å². The molecule has 4 nitrogen and oxygen atoms in total. The van der Waals surface area contributed by atoms with E-state index in [0.717, 1.165) is 44.6 Å². The molecule has 1 heterocycles. The summed E-state index contributed by atoms with van der Waals surface area (Å²) in [4.78, 5) is 14.6. The summed E-state index contributed by atoms with van der Waals surface area (Å²) in [6.07, 6.45) is 2.09. The molecule has 0 fully saturated rings. The second-order valence-corrected chi connectivity index (χ2v) is 6.10. The van der Waals surface area contributed by atoms with E-state index in [4.69, 9.17) is 0 Å². The Morgan fingerprint density at radius 3 is 2.86 bits per heavy atom. The lowest BCUT2D eigenvalue weighted by Crippen LogP contribution is -2.29. The van der Waals surface area contributed by atoms with Gasteiger partial charge in [-0.05, 0) is 69.7 Å². The largest absolute Gasteiger partial charge is 0.382 e. The van der Waals surface area contributed by atoms with Gasteiger partial charge >= 0.3 is 0 Å². The van der Waals surface area contributed by atoms with Gasteiger partial charge in [-0.2, -0.15) is 0 Å². The second kappa shape index (κ2) is 8.30. The lowest BCUT2D eigenvalue weighted by molar-refractivity contribution is 0.0991. The van der Waals surface area contributed by atoms with Crippen LogP contribution in [-0.2, 0) is 6.42 Å². The van der Waals surface area contributed by atoms with E-state index in [-0.39, 0.29) is 5.78 Å². The van der Waals surface area contributed by atoms with Gasteiger partial charge in [-0.15, -0.1) is 0 Å². The second-order valence-electron chi connectivity index (χ2n) is 6.10. The van der Waals surface area contributed by atoms with Crippen molar-refractivity contribution in [3.05, 3.63) is 29.3 Å². The quantitative estimate of drug-likeness (QED) is 0.543. The molecule has 1 unspecified atom stereocenters. The van der Waals surface area contributed by atoms with E-state index in [1.54, 1.807) is 0 Å². The molecular formula is C18H29N3O. The summed E-state index contributed by atoms with van der Waals surface area (Å²) in [7, 11) is 0. The van der Waals surface area contributed by atoms with Crippen LogP contribution in [-0.4, -0.2) is 49.4 Å². The van der Waals surface area contributed by atoms with Crippen molar-refractivity contribution in [2.45, 2.75) is 39.7 Å². The first-order valence-electron chi connectivity index (χ1n) is 8.49. The Morgan fingerprint density at radius 1 is 1.36 bits per heavy atom. The summed E-state index contributed by atoms with van der Waals surface area (Å²) in [5.74, 6) is 0.185. The highest BCUT2D eigenvalue weighted by Crippen LogP contribution is 2.26. The molecule has 2 rings (SSSR count). The molecule has 0 aliphatic carbocycles.